The zero-order valence-electron chi connectivity index (χ0n) is 9.62. The van der Waals surface area contributed by atoms with Crippen molar-refractivity contribution in [3.63, 3.8) is 0 Å². The van der Waals surface area contributed by atoms with Crippen molar-refractivity contribution >= 4 is 11.9 Å². The lowest BCUT2D eigenvalue weighted by Crippen LogP contribution is -2.21. The molecule has 1 amide bonds. The highest BCUT2D eigenvalue weighted by atomic mass is 19.4. The summed E-state index contributed by atoms with van der Waals surface area (Å²) in [6.45, 7) is 1.74. The molecule has 0 saturated carbocycles. The van der Waals surface area contributed by atoms with Crippen LogP contribution in [0.5, 0.6) is 0 Å². The average molecular weight is 276 g/mol. The van der Waals surface area contributed by atoms with Crippen molar-refractivity contribution < 1.29 is 27.9 Å². The Labute approximate surface area is 106 Å². The molecule has 0 aliphatic carbocycles. The summed E-state index contributed by atoms with van der Waals surface area (Å²) in [6, 6.07) is 5.58. The van der Waals surface area contributed by atoms with Crippen LogP contribution in [0.2, 0.25) is 0 Å². The Morgan fingerprint density at radius 1 is 1.21 bits per heavy atom. The van der Waals surface area contributed by atoms with Crippen LogP contribution in [0.1, 0.15) is 21.5 Å². The van der Waals surface area contributed by atoms with Crippen LogP contribution in [0.4, 0.5) is 13.2 Å². The summed E-state index contributed by atoms with van der Waals surface area (Å²) >= 11 is 0. The maximum atomic E-state index is 10.8. The molecule has 19 heavy (non-hydrogen) atoms. The number of carbonyl (C=O) groups is 2. The van der Waals surface area contributed by atoms with Gasteiger partial charge in [0.15, 0.2) is 0 Å². The Kier molecular flexibility index (Phi) is 4.49. The van der Waals surface area contributed by atoms with Crippen LogP contribution in [0.25, 0.3) is 0 Å². The van der Waals surface area contributed by atoms with Gasteiger partial charge < -0.3 is 16.2 Å². The average Bonchev–Trinajstić information content (AvgIpc) is 2.74. The van der Waals surface area contributed by atoms with Crippen molar-refractivity contribution in [2.45, 2.75) is 19.3 Å². The number of primary amides is 1. The molecule has 0 radical (unpaired) electrons. The minimum Gasteiger partial charge on any atom is -0.475 e. The van der Waals surface area contributed by atoms with Crippen molar-refractivity contribution in [3.05, 3.63) is 34.9 Å². The van der Waals surface area contributed by atoms with Gasteiger partial charge in [0, 0.05) is 18.7 Å². The zero-order valence-corrected chi connectivity index (χ0v) is 9.62. The fraction of sp³-hybridized carbons (Fsp3) is 0.273. The quantitative estimate of drug-likeness (QED) is 0.714. The number of carboxylic acid groups (broad SMARTS) is 1. The SMILES string of the molecule is NC(=O)c1ccc2c(c1)CNC2.O=C(O)C(F)(F)F. The fourth-order valence-corrected chi connectivity index (χ4v) is 1.45. The van der Waals surface area contributed by atoms with E-state index < -0.39 is 12.1 Å². The highest BCUT2D eigenvalue weighted by Crippen LogP contribution is 2.16. The first kappa shape index (κ1) is 15.0. The van der Waals surface area contributed by atoms with E-state index in [4.69, 9.17) is 15.6 Å². The van der Waals surface area contributed by atoms with Crippen molar-refractivity contribution in [2.24, 2.45) is 5.73 Å². The molecule has 1 aliphatic rings. The van der Waals surface area contributed by atoms with E-state index in [9.17, 15) is 18.0 Å². The topological polar surface area (TPSA) is 92.4 Å². The van der Waals surface area contributed by atoms with Crippen LogP contribution >= 0.6 is 0 Å². The normalized spacial score (nSPS) is 13.2. The smallest absolute Gasteiger partial charge is 0.475 e. The predicted octanol–water partition coefficient (Wildman–Crippen LogP) is 1.02. The van der Waals surface area contributed by atoms with E-state index in [0.717, 1.165) is 13.1 Å². The number of nitrogens with one attached hydrogen (secondary N) is 1. The lowest BCUT2D eigenvalue weighted by atomic mass is 10.1. The van der Waals surface area contributed by atoms with Crippen molar-refractivity contribution in [1.29, 1.82) is 0 Å². The highest BCUT2D eigenvalue weighted by Gasteiger charge is 2.38. The van der Waals surface area contributed by atoms with Crippen LogP contribution < -0.4 is 11.1 Å². The maximum absolute atomic E-state index is 10.8. The number of halogens is 3. The van der Waals surface area contributed by atoms with Gasteiger partial charge in [0.25, 0.3) is 0 Å². The first-order valence-corrected chi connectivity index (χ1v) is 5.14. The molecule has 0 atom stereocenters. The number of nitrogens with two attached hydrogens (primary N) is 1. The molecule has 1 aromatic carbocycles. The fourth-order valence-electron chi connectivity index (χ4n) is 1.45. The summed E-state index contributed by atoms with van der Waals surface area (Å²) in [7, 11) is 0. The molecule has 2 rings (SSSR count). The molecular weight excluding hydrogens is 265 g/mol. The number of benzene rings is 1. The number of hydrogen-bond acceptors (Lipinski definition) is 3. The predicted molar refractivity (Wildman–Crippen MR) is 59.2 cm³/mol. The summed E-state index contributed by atoms with van der Waals surface area (Å²) in [5.74, 6) is -3.11. The molecule has 1 aliphatic heterocycles. The molecule has 0 spiro atoms. The molecule has 0 aromatic heterocycles. The van der Waals surface area contributed by atoms with Crippen LogP contribution in [-0.2, 0) is 17.9 Å². The van der Waals surface area contributed by atoms with Crippen molar-refractivity contribution in [3.8, 4) is 0 Å². The summed E-state index contributed by atoms with van der Waals surface area (Å²) < 4.78 is 31.7. The number of carbonyl (C=O) groups excluding carboxylic acids is 1. The molecule has 4 N–H and O–H groups in total. The summed E-state index contributed by atoms with van der Waals surface area (Å²) in [5, 5.41) is 10.3. The Bertz CT molecular complexity index is 500. The van der Waals surface area contributed by atoms with Crippen molar-refractivity contribution in [2.75, 3.05) is 0 Å². The third-order valence-corrected chi connectivity index (χ3v) is 2.36. The summed E-state index contributed by atoms with van der Waals surface area (Å²) in [5.41, 5.74) is 8.19. The van der Waals surface area contributed by atoms with Gasteiger partial charge in [0.05, 0.1) is 0 Å². The molecule has 104 valence electrons. The van der Waals surface area contributed by atoms with E-state index in [1.807, 2.05) is 12.1 Å². The molecule has 1 aromatic rings. The maximum Gasteiger partial charge on any atom is 0.490 e. The third-order valence-electron chi connectivity index (χ3n) is 2.36. The Morgan fingerprint density at radius 2 is 1.74 bits per heavy atom. The number of alkyl halides is 3. The van der Waals surface area contributed by atoms with Crippen molar-refractivity contribution in [1.82, 2.24) is 5.32 Å². The number of hydrogen-bond donors (Lipinski definition) is 3. The van der Waals surface area contributed by atoms with E-state index in [-0.39, 0.29) is 5.91 Å². The van der Waals surface area contributed by atoms with Gasteiger partial charge in [-0.05, 0) is 23.3 Å². The zero-order chi connectivity index (χ0) is 14.6. The van der Waals surface area contributed by atoms with Crippen LogP contribution in [0.3, 0.4) is 0 Å². The molecule has 0 fully saturated rings. The van der Waals surface area contributed by atoms with Gasteiger partial charge >= 0.3 is 12.1 Å². The standard InChI is InChI=1S/C9H10N2O.C2HF3O2/c10-9(12)6-1-2-7-4-11-5-8(7)3-6;3-2(4,5)1(6)7/h1-3,11H,4-5H2,(H2,10,12);(H,6,7). The van der Waals surface area contributed by atoms with Crippen LogP contribution in [-0.4, -0.2) is 23.2 Å². The van der Waals surface area contributed by atoms with Crippen LogP contribution in [0, 0.1) is 0 Å². The van der Waals surface area contributed by atoms with E-state index in [2.05, 4.69) is 5.32 Å². The summed E-state index contributed by atoms with van der Waals surface area (Å²) in [6.07, 6.45) is -5.08. The van der Waals surface area contributed by atoms with E-state index in [1.54, 1.807) is 6.07 Å². The Morgan fingerprint density at radius 3 is 2.21 bits per heavy atom. The van der Waals surface area contributed by atoms with Gasteiger partial charge in [-0.15, -0.1) is 0 Å². The second kappa shape index (κ2) is 5.70. The van der Waals surface area contributed by atoms with E-state index >= 15 is 0 Å². The molecule has 0 bridgehead atoms. The molecule has 1 heterocycles. The lowest BCUT2D eigenvalue weighted by molar-refractivity contribution is -0.192. The first-order chi connectivity index (χ1) is 8.71. The Balaban J connectivity index is 0.000000224. The minimum atomic E-state index is -5.08. The van der Waals surface area contributed by atoms with E-state index in [1.165, 1.54) is 11.1 Å². The number of fused-ring (bicyclic) bond motifs is 1. The van der Waals surface area contributed by atoms with Gasteiger partial charge in [-0.25, -0.2) is 4.79 Å². The van der Waals surface area contributed by atoms with Gasteiger partial charge in [-0.2, -0.15) is 13.2 Å². The molecule has 5 nitrogen and oxygen atoms in total. The first-order valence-electron chi connectivity index (χ1n) is 5.14. The van der Waals surface area contributed by atoms with Gasteiger partial charge in [0.1, 0.15) is 0 Å². The number of aliphatic carboxylic acids is 1. The monoisotopic (exact) mass is 276 g/mol. The largest absolute Gasteiger partial charge is 0.490 e. The number of carboxylic acids is 1. The molecule has 0 saturated heterocycles. The minimum absolute atomic E-state index is 0.357. The second-order valence-corrected chi connectivity index (χ2v) is 3.75. The molecule has 0 unspecified atom stereocenters. The van der Waals surface area contributed by atoms with E-state index in [0.29, 0.717) is 5.56 Å². The lowest BCUT2D eigenvalue weighted by Gasteiger charge is -1.99. The number of amides is 1. The Hall–Kier alpha value is -2.09. The van der Waals surface area contributed by atoms with Gasteiger partial charge in [-0.3, -0.25) is 4.79 Å². The number of rotatable bonds is 1. The molecular formula is C11H11F3N2O3. The second-order valence-electron chi connectivity index (χ2n) is 3.75. The molecule has 8 heteroatoms. The van der Waals surface area contributed by atoms with Gasteiger partial charge in [-0.1, -0.05) is 6.07 Å². The third kappa shape index (κ3) is 4.25. The van der Waals surface area contributed by atoms with Gasteiger partial charge in [0.2, 0.25) is 5.91 Å². The summed E-state index contributed by atoms with van der Waals surface area (Å²) in [4.78, 5) is 19.7. The van der Waals surface area contributed by atoms with Crippen LogP contribution in [0.15, 0.2) is 18.2 Å². The highest BCUT2D eigenvalue weighted by molar-refractivity contribution is 5.93.